The van der Waals surface area contributed by atoms with Gasteiger partial charge in [-0.2, -0.15) is 0 Å². The van der Waals surface area contributed by atoms with Crippen LogP contribution in [0.2, 0.25) is 0 Å². The van der Waals surface area contributed by atoms with Crippen molar-refractivity contribution in [2.24, 2.45) is 5.41 Å². The Hall–Kier alpha value is 0.880. The molecule has 1 heterocycles. The van der Waals surface area contributed by atoms with Gasteiger partial charge in [0.15, 0.2) is 0 Å². The Morgan fingerprint density at radius 2 is 2.21 bits per heavy atom. The fraction of sp³-hybridized carbons (Fsp3) is 1.00. The molecule has 1 aliphatic carbocycles. The number of nitrogens with zero attached hydrogens (tertiary/aromatic N) is 1. The molecule has 1 atom stereocenters. The number of rotatable bonds is 3. The molecule has 1 radical (unpaired) electrons. The number of hydrogen-bond donors (Lipinski definition) is 1. The van der Waals surface area contributed by atoms with Crippen LogP contribution in [0, 0.1) is 5.41 Å². The van der Waals surface area contributed by atoms with Crippen LogP contribution >= 0.6 is 0 Å². The summed E-state index contributed by atoms with van der Waals surface area (Å²) in [7, 11) is 0. The van der Waals surface area contributed by atoms with Crippen molar-refractivity contribution >= 4 is 29.6 Å². The zero-order valence-electron chi connectivity index (χ0n) is 9.33. The molecule has 77 valence electrons. The van der Waals surface area contributed by atoms with Gasteiger partial charge in [-0.1, -0.05) is 0 Å². The molecule has 0 amide bonds. The molecule has 0 aromatic carbocycles. The van der Waals surface area contributed by atoms with Crippen LogP contribution in [0.15, 0.2) is 0 Å². The second-order valence-corrected chi connectivity index (χ2v) is 4.55. The third-order valence-corrected chi connectivity index (χ3v) is 3.34. The minimum atomic E-state index is 0. The van der Waals surface area contributed by atoms with Crippen molar-refractivity contribution in [1.82, 2.24) is 4.90 Å². The van der Waals surface area contributed by atoms with Gasteiger partial charge in [-0.05, 0) is 19.8 Å². The molecule has 0 bridgehead atoms. The van der Waals surface area contributed by atoms with Gasteiger partial charge in [-0.15, -0.1) is 0 Å². The Balaban J connectivity index is 0.000000980. The van der Waals surface area contributed by atoms with Gasteiger partial charge >= 0.3 is 0 Å². The smallest absolute Gasteiger partial charge is 0.0619 e. The molecule has 0 unspecified atom stereocenters. The van der Waals surface area contributed by atoms with Crippen molar-refractivity contribution in [1.29, 1.82) is 0 Å². The predicted octanol–water partition coefficient (Wildman–Crippen LogP) is 0.0988. The molecule has 0 aromatic rings. The number of hydrogen-bond acceptors (Lipinski definition) is 3. The molecule has 14 heavy (non-hydrogen) atoms. The van der Waals surface area contributed by atoms with Gasteiger partial charge in [-0.3, -0.25) is 4.90 Å². The van der Waals surface area contributed by atoms with Crippen molar-refractivity contribution in [3.05, 3.63) is 0 Å². The molecular formula is C10H19NNaO2. The molecule has 2 aliphatic rings. The Bertz CT molecular complexity index is 185. The van der Waals surface area contributed by atoms with E-state index in [9.17, 15) is 5.11 Å². The fourth-order valence-corrected chi connectivity index (χ4v) is 1.97. The SMILES string of the molecule is C[C@H]1COCCN1CC1(CO)CC1.[Na]. The van der Waals surface area contributed by atoms with Gasteiger partial charge in [0.2, 0.25) is 0 Å². The van der Waals surface area contributed by atoms with Crippen LogP contribution in [0.4, 0.5) is 0 Å². The average Bonchev–Trinajstić information content (AvgIpc) is 2.90. The molecular weight excluding hydrogens is 189 g/mol. The summed E-state index contributed by atoms with van der Waals surface area (Å²) in [5, 5.41) is 9.22. The minimum absolute atomic E-state index is 0. The van der Waals surface area contributed by atoms with Crippen molar-refractivity contribution in [3.8, 4) is 0 Å². The Morgan fingerprint density at radius 3 is 2.71 bits per heavy atom. The molecule has 1 N–H and O–H groups in total. The van der Waals surface area contributed by atoms with Crippen molar-refractivity contribution in [2.45, 2.75) is 25.8 Å². The van der Waals surface area contributed by atoms with Gasteiger partial charge in [0.25, 0.3) is 0 Å². The summed E-state index contributed by atoms with van der Waals surface area (Å²) in [4.78, 5) is 2.45. The van der Waals surface area contributed by atoms with Crippen molar-refractivity contribution in [3.63, 3.8) is 0 Å². The quantitative estimate of drug-likeness (QED) is 0.668. The summed E-state index contributed by atoms with van der Waals surface area (Å²) in [6.07, 6.45) is 2.40. The maximum absolute atomic E-state index is 9.22. The first-order chi connectivity index (χ1) is 6.26. The summed E-state index contributed by atoms with van der Waals surface area (Å²) in [6, 6.07) is 0.526. The molecule has 0 spiro atoms. The summed E-state index contributed by atoms with van der Waals surface area (Å²) in [5.74, 6) is 0. The number of aliphatic hydroxyl groups excluding tert-OH is 1. The first kappa shape index (κ1) is 12.9. The molecule has 1 saturated carbocycles. The summed E-state index contributed by atoms with van der Waals surface area (Å²) in [5.41, 5.74) is 0.256. The molecule has 1 saturated heterocycles. The Kier molecular flexibility index (Phi) is 4.88. The molecule has 1 aliphatic heterocycles. The zero-order chi connectivity index (χ0) is 9.31. The van der Waals surface area contributed by atoms with E-state index in [0.29, 0.717) is 12.6 Å². The Labute approximate surface area is 108 Å². The van der Waals surface area contributed by atoms with Gasteiger partial charge < -0.3 is 9.84 Å². The standard InChI is InChI=1S/C10H19NO2.Na/c1-9-6-13-5-4-11(9)7-10(8-12)2-3-10;/h9,12H,2-8H2,1H3;/t9-;/m0./s1. The van der Waals surface area contributed by atoms with E-state index in [4.69, 9.17) is 4.74 Å². The third-order valence-electron chi connectivity index (χ3n) is 3.34. The van der Waals surface area contributed by atoms with E-state index in [1.165, 1.54) is 12.8 Å². The second-order valence-electron chi connectivity index (χ2n) is 4.55. The predicted molar refractivity (Wildman–Crippen MR) is 56.4 cm³/mol. The fourth-order valence-electron chi connectivity index (χ4n) is 1.97. The normalized spacial score (nSPS) is 30.9. The van der Waals surface area contributed by atoms with E-state index in [0.717, 1.165) is 26.3 Å². The molecule has 2 rings (SSSR count). The number of ether oxygens (including phenoxy) is 1. The second kappa shape index (κ2) is 5.28. The van der Waals surface area contributed by atoms with Crippen molar-refractivity contribution in [2.75, 3.05) is 32.9 Å². The van der Waals surface area contributed by atoms with Crippen LogP contribution in [0.5, 0.6) is 0 Å². The molecule has 2 fully saturated rings. The summed E-state index contributed by atoms with van der Waals surface area (Å²) >= 11 is 0. The summed E-state index contributed by atoms with van der Waals surface area (Å²) < 4.78 is 5.38. The largest absolute Gasteiger partial charge is 0.396 e. The first-order valence-electron chi connectivity index (χ1n) is 5.18. The van der Waals surface area contributed by atoms with E-state index in [1.54, 1.807) is 0 Å². The van der Waals surface area contributed by atoms with Crippen LogP contribution in [0.3, 0.4) is 0 Å². The Morgan fingerprint density at radius 1 is 1.50 bits per heavy atom. The van der Waals surface area contributed by atoms with Crippen LogP contribution in [-0.4, -0.2) is 78.5 Å². The maximum atomic E-state index is 9.22. The van der Waals surface area contributed by atoms with Crippen LogP contribution in [-0.2, 0) is 4.74 Å². The molecule has 0 aromatic heterocycles. The van der Waals surface area contributed by atoms with E-state index >= 15 is 0 Å². The van der Waals surface area contributed by atoms with E-state index in [1.807, 2.05) is 0 Å². The van der Waals surface area contributed by atoms with Gasteiger partial charge in [-0.25, -0.2) is 0 Å². The van der Waals surface area contributed by atoms with E-state index < -0.39 is 0 Å². The number of morpholine rings is 1. The minimum Gasteiger partial charge on any atom is -0.396 e. The topological polar surface area (TPSA) is 32.7 Å². The van der Waals surface area contributed by atoms with Crippen molar-refractivity contribution < 1.29 is 9.84 Å². The van der Waals surface area contributed by atoms with E-state index in [-0.39, 0.29) is 35.0 Å². The third kappa shape index (κ3) is 2.94. The first-order valence-corrected chi connectivity index (χ1v) is 5.18. The van der Waals surface area contributed by atoms with Gasteiger partial charge in [0.1, 0.15) is 0 Å². The number of aliphatic hydroxyl groups is 1. The van der Waals surface area contributed by atoms with Crippen LogP contribution in [0.1, 0.15) is 19.8 Å². The van der Waals surface area contributed by atoms with Crippen LogP contribution < -0.4 is 0 Å². The van der Waals surface area contributed by atoms with Gasteiger partial charge in [0.05, 0.1) is 13.2 Å². The van der Waals surface area contributed by atoms with Gasteiger partial charge in [0, 0.05) is 60.7 Å². The molecule has 3 nitrogen and oxygen atoms in total. The molecule has 4 heteroatoms. The van der Waals surface area contributed by atoms with Crippen LogP contribution in [0.25, 0.3) is 0 Å². The monoisotopic (exact) mass is 208 g/mol. The maximum Gasteiger partial charge on any atom is 0.0619 e. The van der Waals surface area contributed by atoms with E-state index in [2.05, 4.69) is 11.8 Å². The zero-order valence-corrected chi connectivity index (χ0v) is 11.3. The average molecular weight is 208 g/mol. The summed E-state index contributed by atoms with van der Waals surface area (Å²) in [6.45, 7) is 6.36.